The quantitative estimate of drug-likeness (QED) is 0.268. The number of hydrogen-bond acceptors (Lipinski definition) is 9. The summed E-state index contributed by atoms with van der Waals surface area (Å²) >= 11 is 0. The van der Waals surface area contributed by atoms with E-state index in [9.17, 15) is 20.1 Å². The molecular formula is C26H38O10. The number of carboxylic acids is 1. The average molecular weight is 511 g/mol. The fourth-order valence-corrected chi connectivity index (χ4v) is 3.83. The summed E-state index contributed by atoms with van der Waals surface area (Å²) < 4.78 is 33.2. The summed E-state index contributed by atoms with van der Waals surface area (Å²) in [4.78, 5) is 12.1. The van der Waals surface area contributed by atoms with Gasteiger partial charge in [-0.05, 0) is 33.1 Å². The summed E-state index contributed by atoms with van der Waals surface area (Å²) in [5.74, 6) is -1.69. The first-order chi connectivity index (χ1) is 16.9. The van der Waals surface area contributed by atoms with Gasteiger partial charge in [0.25, 0.3) is 0 Å². The lowest BCUT2D eigenvalue weighted by Crippen LogP contribution is -2.34. The van der Waals surface area contributed by atoms with Crippen molar-refractivity contribution in [3.05, 3.63) is 35.4 Å². The monoisotopic (exact) mass is 510 g/mol. The molecule has 36 heavy (non-hydrogen) atoms. The molecule has 3 N–H and O–H groups in total. The minimum atomic E-state index is -1.21. The average Bonchev–Trinajstić information content (AvgIpc) is 3.14. The second-order valence-electron chi connectivity index (χ2n) is 9.01. The molecule has 10 heteroatoms. The van der Waals surface area contributed by atoms with Crippen LogP contribution in [0.25, 0.3) is 6.08 Å². The van der Waals surface area contributed by atoms with Crippen LogP contribution in [0.4, 0.5) is 0 Å². The Morgan fingerprint density at radius 1 is 1.11 bits per heavy atom. The predicted octanol–water partition coefficient (Wildman–Crippen LogP) is 3.24. The van der Waals surface area contributed by atoms with Crippen molar-refractivity contribution < 1.29 is 48.5 Å². The first-order valence-electron chi connectivity index (χ1n) is 11.7. The molecule has 0 radical (unpaired) electrons. The fraction of sp³-hybridized carbons (Fsp3) is 0.577. The van der Waals surface area contributed by atoms with Crippen LogP contribution < -0.4 is 14.2 Å². The highest BCUT2D eigenvalue weighted by Gasteiger charge is 2.43. The van der Waals surface area contributed by atoms with Crippen LogP contribution in [0.5, 0.6) is 17.2 Å². The van der Waals surface area contributed by atoms with E-state index in [1.807, 2.05) is 6.92 Å². The van der Waals surface area contributed by atoms with Crippen molar-refractivity contribution in [2.45, 2.75) is 64.3 Å². The van der Waals surface area contributed by atoms with Gasteiger partial charge in [0.1, 0.15) is 23.5 Å². The van der Waals surface area contributed by atoms with Gasteiger partial charge in [-0.1, -0.05) is 31.2 Å². The molecule has 1 aromatic carbocycles. The van der Waals surface area contributed by atoms with E-state index in [0.717, 1.165) is 0 Å². The van der Waals surface area contributed by atoms with Gasteiger partial charge in [0.15, 0.2) is 24.1 Å². The number of carboxylic acid groups (broad SMARTS) is 1. The summed E-state index contributed by atoms with van der Waals surface area (Å²) in [6.45, 7) is 6.88. The third-order valence-electron chi connectivity index (χ3n) is 5.80. The molecule has 1 fully saturated rings. The Hall–Kier alpha value is -2.63. The topological polar surface area (TPSA) is 133 Å². The minimum Gasteiger partial charge on any atom is -0.493 e. The van der Waals surface area contributed by atoms with Crippen LogP contribution in [-0.4, -0.2) is 79.6 Å². The number of ether oxygens (including phenoxy) is 6. The van der Waals surface area contributed by atoms with Gasteiger partial charge in [-0.25, -0.2) is 4.79 Å². The molecule has 1 aliphatic heterocycles. The normalized spacial score (nSPS) is 22.0. The molecule has 202 valence electrons. The van der Waals surface area contributed by atoms with Crippen LogP contribution in [0.2, 0.25) is 0 Å². The summed E-state index contributed by atoms with van der Waals surface area (Å²) in [5.41, 5.74) is 0.132. The van der Waals surface area contributed by atoms with E-state index in [1.165, 1.54) is 27.4 Å². The lowest BCUT2D eigenvalue weighted by molar-refractivity contribution is -0.152. The zero-order valence-electron chi connectivity index (χ0n) is 21.9. The molecule has 1 unspecified atom stereocenters. The predicted molar refractivity (Wildman–Crippen MR) is 132 cm³/mol. The Bertz CT molecular complexity index is 937. The molecule has 1 saturated heterocycles. The number of carbonyl (C=O) groups is 1. The zero-order chi connectivity index (χ0) is 27.0. The molecule has 0 amide bonds. The number of aromatic carboxylic acids is 1. The van der Waals surface area contributed by atoms with Crippen LogP contribution in [-0.2, 0) is 14.2 Å². The smallest absolute Gasteiger partial charge is 0.340 e. The molecule has 0 spiro atoms. The van der Waals surface area contributed by atoms with Crippen molar-refractivity contribution >= 4 is 12.0 Å². The maximum absolute atomic E-state index is 12.1. The number of aliphatic hydroxyl groups is 2. The first kappa shape index (κ1) is 29.6. The first-order valence-corrected chi connectivity index (χ1v) is 11.7. The molecule has 5 atom stereocenters. The lowest BCUT2D eigenvalue weighted by atomic mass is 9.99. The van der Waals surface area contributed by atoms with E-state index in [-0.39, 0.29) is 35.3 Å². The van der Waals surface area contributed by atoms with Crippen molar-refractivity contribution in [3.63, 3.8) is 0 Å². The Kier molecular flexibility index (Phi) is 10.7. The van der Waals surface area contributed by atoms with Gasteiger partial charge in [0.2, 0.25) is 0 Å². The van der Waals surface area contributed by atoms with Gasteiger partial charge in [-0.2, -0.15) is 0 Å². The van der Waals surface area contributed by atoms with Crippen LogP contribution in [0.15, 0.2) is 24.3 Å². The van der Waals surface area contributed by atoms with E-state index >= 15 is 0 Å². The number of hydrogen-bond donors (Lipinski definition) is 3. The Morgan fingerprint density at radius 3 is 2.36 bits per heavy atom. The summed E-state index contributed by atoms with van der Waals surface area (Å²) in [5, 5.41) is 30.3. The number of methoxy groups -OCH3 is 3. The van der Waals surface area contributed by atoms with Crippen molar-refractivity contribution in [1.29, 1.82) is 0 Å². The third-order valence-corrected chi connectivity index (χ3v) is 5.80. The molecule has 0 bridgehead atoms. The van der Waals surface area contributed by atoms with Crippen molar-refractivity contribution in [3.8, 4) is 17.2 Å². The number of benzene rings is 1. The van der Waals surface area contributed by atoms with Gasteiger partial charge in [0, 0.05) is 18.7 Å². The lowest BCUT2D eigenvalue weighted by Gasteiger charge is -2.20. The van der Waals surface area contributed by atoms with E-state index in [0.29, 0.717) is 12.2 Å². The van der Waals surface area contributed by atoms with Crippen LogP contribution in [0.3, 0.4) is 0 Å². The third kappa shape index (κ3) is 7.44. The molecule has 10 nitrogen and oxygen atoms in total. The highest BCUT2D eigenvalue weighted by Crippen LogP contribution is 2.41. The van der Waals surface area contributed by atoms with Gasteiger partial charge in [0.05, 0.1) is 26.4 Å². The molecule has 0 aromatic heterocycles. The zero-order valence-corrected chi connectivity index (χ0v) is 21.9. The van der Waals surface area contributed by atoms with E-state index in [1.54, 1.807) is 45.1 Å². The van der Waals surface area contributed by atoms with Gasteiger partial charge in [-0.3, -0.25) is 0 Å². The SMILES string of the molecule is COCOc1cc(OC)c(OC)c(/C=C/C[C@@H]2OC(C)(C)O[C@@H]2C(O)/C=C\[C@@H](C)[C@H](C)O)c1C(=O)O. The number of aliphatic hydroxyl groups excluding tert-OH is 2. The molecule has 1 aromatic rings. The van der Waals surface area contributed by atoms with Crippen molar-refractivity contribution in [2.24, 2.45) is 5.92 Å². The summed E-state index contributed by atoms with van der Waals surface area (Å²) in [6.07, 6.45) is 4.23. The number of rotatable bonds is 13. The Labute approximate surface area is 212 Å². The van der Waals surface area contributed by atoms with Crippen LogP contribution >= 0.6 is 0 Å². The summed E-state index contributed by atoms with van der Waals surface area (Å²) in [6, 6.07) is 1.43. The Balaban J connectivity index is 2.37. The van der Waals surface area contributed by atoms with Crippen molar-refractivity contribution in [1.82, 2.24) is 0 Å². The standard InChI is InChI=1S/C26H38O10/c1-15(16(2)27)11-12-18(28)24-19(35-26(3,4)36-24)10-8-9-17-22(25(29)30)20(34-14-31-5)13-21(32-6)23(17)33-7/h8-9,11-13,15-16,18-19,24,27-28H,10,14H2,1-7H3,(H,29,30)/b9-8+,12-11-/t15-,16+,18?,19+,24-/m1/s1. The maximum Gasteiger partial charge on any atom is 0.340 e. The van der Waals surface area contributed by atoms with Gasteiger partial charge < -0.3 is 43.7 Å². The largest absolute Gasteiger partial charge is 0.493 e. The molecule has 1 aliphatic rings. The molecule has 0 saturated carbocycles. The summed E-state index contributed by atoms with van der Waals surface area (Å²) in [7, 11) is 4.29. The van der Waals surface area contributed by atoms with E-state index in [4.69, 9.17) is 28.4 Å². The second-order valence-corrected chi connectivity index (χ2v) is 9.01. The fourth-order valence-electron chi connectivity index (χ4n) is 3.83. The molecule has 0 aliphatic carbocycles. The highest BCUT2D eigenvalue weighted by atomic mass is 16.8. The van der Waals surface area contributed by atoms with Gasteiger partial charge in [-0.15, -0.1) is 0 Å². The Morgan fingerprint density at radius 2 is 1.81 bits per heavy atom. The maximum atomic E-state index is 12.1. The molecular weight excluding hydrogens is 472 g/mol. The van der Waals surface area contributed by atoms with E-state index in [2.05, 4.69) is 0 Å². The molecule has 1 heterocycles. The van der Waals surface area contributed by atoms with Gasteiger partial charge >= 0.3 is 5.97 Å². The van der Waals surface area contributed by atoms with Crippen molar-refractivity contribution in [2.75, 3.05) is 28.1 Å². The van der Waals surface area contributed by atoms with E-state index < -0.39 is 36.2 Å². The second kappa shape index (κ2) is 13.1. The van der Waals surface area contributed by atoms with Crippen LogP contribution in [0, 0.1) is 5.92 Å². The molecule has 2 rings (SSSR count). The highest BCUT2D eigenvalue weighted by molar-refractivity contribution is 5.97. The van der Waals surface area contributed by atoms with Crippen LogP contribution in [0.1, 0.15) is 50.0 Å². The minimum absolute atomic E-state index is 0.0638.